The van der Waals surface area contributed by atoms with Crippen molar-refractivity contribution >= 4 is 22.5 Å². The van der Waals surface area contributed by atoms with Crippen LogP contribution in [-0.4, -0.2) is 16.7 Å². The summed E-state index contributed by atoms with van der Waals surface area (Å²) in [5.41, 5.74) is 1.19. The van der Waals surface area contributed by atoms with E-state index in [1.54, 1.807) is 6.07 Å². The summed E-state index contributed by atoms with van der Waals surface area (Å²) in [6.45, 7) is -0.186. The summed E-state index contributed by atoms with van der Waals surface area (Å²) in [4.78, 5) is 14.0. The van der Waals surface area contributed by atoms with Crippen molar-refractivity contribution < 1.29 is 5.11 Å². The molecule has 0 aliphatic carbocycles. The van der Waals surface area contributed by atoms with Crippen LogP contribution in [0.15, 0.2) is 35.1 Å². The average molecular weight is 224 g/mol. The van der Waals surface area contributed by atoms with Gasteiger partial charge in [0.05, 0.1) is 12.0 Å². The zero-order chi connectivity index (χ0) is 10.8. The standard InChI is InChI=1S/C11H10ClNO2/c12-9(6-14)8-5-11(15)13-10-4-2-1-3-7(8)10/h1-5,9,14H,6H2,(H,13,15). The molecule has 1 unspecified atom stereocenters. The van der Waals surface area contributed by atoms with E-state index in [0.717, 1.165) is 10.9 Å². The third-order valence-electron chi connectivity index (χ3n) is 2.28. The van der Waals surface area contributed by atoms with Gasteiger partial charge >= 0.3 is 0 Å². The van der Waals surface area contributed by atoms with Gasteiger partial charge in [-0.2, -0.15) is 0 Å². The highest BCUT2D eigenvalue weighted by Gasteiger charge is 2.11. The lowest BCUT2D eigenvalue weighted by Crippen LogP contribution is -2.09. The first kappa shape index (κ1) is 10.2. The molecule has 0 aliphatic heterocycles. The van der Waals surface area contributed by atoms with E-state index in [2.05, 4.69) is 4.98 Å². The maximum atomic E-state index is 11.3. The third kappa shape index (κ3) is 1.89. The molecule has 0 spiro atoms. The molecule has 78 valence electrons. The third-order valence-corrected chi connectivity index (χ3v) is 2.65. The van der Waals surface area contributed by atoms with Crippen LogP contribution in [0.1, 0.15) is 10.9 Å². The van der Waals surface area contributed by atoms with Gasteiger partial charge < -0.3 is 10.1 Å². The van der Waals surface area contributed by atoms with E-state index in [0.29, 0.717) is 5.56 Å². The van der Waals surface area contributed by atoms with Gasteiger partial charge in [-0.25, -0.2) is 0 Å². The van der Waals surface area contributed by atoms with E-state index in [-0.39, 0.29) is 12.2 Å². The fourth-order valence-corrected chi connectivity index (χ4v) is 1.77. The van der Waals surface area contributed by atoms with Gasteiger partial charge in [0.15, 0.2) is 0 Å². The molecule has 0 saturated carbocycles. The molecule has 2 rings (SSSR count). The summed E-state index contributed by atoms with van der Waals surface area (Å²) in [5.74, 6) is 0. The predicted molar refractivity (Wildman–Crippen MR) is 60.2 cm³/mol. The van der Waals surface area contributed by atoms with Crippen molar-refractivity contribution in [2.45, 2.75) is 5.38 Å². The van der Waals surface area contributed by atoms with Gasteiger partial charge in [0.1, 0.15) is 0 Å². The van der Waals surface area contributed by atoms with E-state index in [1.807, 2.05) is 18.2 Å². The highest BCUT2D eigenvalue weighted by molar-refractivity contribution is 6.21. The molecule has 0 fully saturated rings. The number of nitrogens with one attached hydrogen (secondary N) is 1. The Hall–Kier alpha value is -1.32. The van der Waals surface area contributed by atoms with Crippen LogP contribution in [0.2, 0.25) is 0 Å². The molecule has 1 heterocycles. The number of halogens is 1. The molecular formula is C11H10ClNO2. The fourth-order valence-electron chi connectivity index (χ4n) is 1.59. The molecule has 0 bridgehead atoms. The number of para-hydroxylation sites is 1. The van der Waals surface area contributed by atoms with Crippen LogP contribution in [0, 0.1) is 0 Å². The van der Waals surface area contributed by atoms with E-state index in [4.69, 9.17) is 16.7 Å². The largest absolute Gasteiger partial charge is 0.394 e. The Balaban J connectivity index is 2.76. The normalized spacial score (nSPS) is 12.9. The Labute approximate surface area is 91.3 Å². The molecule has 3 nitrogen and oxygen atoms in total. The summed E-state index contributed by atoms with van der Waals surface area (Å²) in [6.07, 6.45) is 0. The van der Waals surface area contributed by atoms with Gasteiger partial charge in [-0.3, -0.25) is 4.79 Å². The van der Waals surface area contributed by atoms with Crippen molar-refractivity contribution in [3.05, 3.63) is 46.2 Å². The topological polar surface area (TPSA) is 53.1 Å². The van der Waals surface area contributed by atoms with Crippen molar-refractivity contribution in [3.63, 3.8) is 0 Å². The minimum atomic E-state index is -0.544. The van der Waals surface area contributed by atoms with Gasteiger partial charge in [-0.1, -0.05) is 18.2 Å². The summed E-state index contributed by atoms with van der Waals surface area (Å²) < 4.78 is 0. The lowest BCUT2D eigenvalue weighted by Gasteiger charge is -2.09. The summed E-state index contributed by atoms with van der Waals surface area (Å²) in [6, 6.07) is 8.80. The molecule has 2 N–H and O–H groups in total. The number of hydrogen-bond donors (Lipinski definition) is 2. The van der Waals surface area contributed by atoms with Crippen molar-refractivity contribution in [2.24, 2.45) is 0 Å². The number of aliphatic hydroxyl groups is 1. The van der Waals surface area contributed by atoms with E-state index in [9.17, 15) is 4.79 Å². The van der Waals surface area contributed by atoms with Crippen molar-refractivity contribution in [1.29, 1.82) is 0 Å². The molecule has 2 aromatic rings. The van der Waals surface area contributed by atoms with Crippen molar-refractivity contribution in [2.75, 3.05) is 6.61 Å². The number of aromatic amines is 1. The van der Waals surface area contributed by atoms with Gasteiger partial charge in [0.25, 0.3) is 0 Å². The molecule has 1 aromatic heterocycles. The van der Waals surface area contributed by atoms with Gasteiger partial charge in [0, 0.05) is 17.0 Å². The van der Waals surface area contributed by atoms with Crippen LogP contribution < -0.4 is 5.56 Å². The smallest absolute Gasteiger partial charge is 0.248 e. The first-order valence-electron chi connectivity index (χ1n) is 4.59. The Morgan fingerprint density at radius 3 is 2.87 bits per heavy atom. The average Bonchev–Trinajstić information content (AvgIpc) is 2.26. The van der Waals surface area contributed by atoms with E-state index in [1.165, 1.54) is 6.07 Å². The summed E-state index contributed by atoms with van der Waals surface area (Å²) in [5, 5.41) is 9.32. The number of H-pyrrole nitrogens is 1. The molecule has 0 saturated heterocycles. The van der Waals surface area contributed by atoms with Crippen molar-refractivity contribution in [1.82, 2.24) is 4.98 Å². The summed E-state index contributed by atoms with van der Waals surface area (Å²) >= 11 is 5.94. The SMILES string of the molecule is O=c1cc(C(Cl)CO)c2ccccc2[nH]1. The van der Waals surface area contributed by atoms with E-state index >= 15 is 0 Å². The molecule has 4 heteroatoms. The number of benzene rings is 1. The van der Waals surface area contributed by atoms with Crippen LogP contribution >= 0.6 is 11.6 Å². The van der Waals surface area contributed by atoms with Gasteiger partial charge in [-0.15, -0.1) is 11.6 Å². The highest BCUT2D eigenvalue weighted by Crippen LogP contribution is 2.25. The quantitative estimate of drug-likeness (QED) is 0.763. The second-order valence-electron chi connectivity index (χ2n) is 3.28. The molecular weight excluding hydrogens is 214 g/mol. The minimum Gasteiger partial charge on any atom is -0.394 e. The lowest BCUT2D eigenvalue weighted by molar-refractivity contribution is 0.294. The lowest BCUT2D eigenvalue weighted by atomic mass is 10.1. The van der Waals surface area contributed by atoms with Gasteiger partial charge in [-0.05, 0) is 11.6 Å². The first-order valence-corrected chi connectivity index (χ1v) is 5.03. The fraction of sp³-hybridized carbons (Fsp3) is 0.182. The number of rotatable bonds is 2. The molecule has 1 aromatic carbocycles. The van der Waals surface area contributed by atoms with Crippen LogP contribution in [0.3, 0.4) is 0 Å². The van der Waals surface area contributed by atoms with E-state index < -0.39 is 5.38 Å². The number of aliphatic hydroxyl groups excluding tert-OH is 1. The van der Waals surface area contributed by atoms with Crippen molar-refractivity contribution in [3.8, 4) is 0 Å². The van der Waals surface area contributed by atoms with Crippen LogP contribution in [0.5, 0.6) is 0 Å². The second kappa shape index (κ2) is 4.04. The number of aromatic nitrogens is 1. The summed E-state index contributed by atoms with van der Waals surface area (Å²) in [7, 11) is 0. The van der Waals surface area contributed by atoms with Crippen LogP contribution in [0.25, 0.3) is 10.9 Å². The Bertz CT molecular complexity index is 535. The highest BCUT2D eigenvalue weighted by atomic mass is 35.5. The molecule has 0 amide bonds. The van der Waals surface area contributed by atoms with Gasteiger partial charge in [0.2, 0.25) is 5.56 Å². The Morgan fingerprint density at radius 2 is 2.13 bits per heavy atom. The van der Waals surface area contributed by atoms with Crippen LogP contribution in [0.4, 0.5) is 0 Å². The molecule has 0 radical (unpaired) electrons. The zero-order valence-corrected chi connectivity index (χ0v) is 8.66. The predicted octanol–water partition coefficient (Wildman–Crippen LogP) is 1.80. The molecule has 0 aliphatic rings. The number of pyridine rings is 1. The number of hydrogen-bond acceptors (Lipinski definition) is 2. The minimum absolute atomic E-state index is 0.186. The monoisotopic (exact) mass is 223 g/mol. The molecule has 1 atom stereocenters. The number of alkyl halides is 1. The molecule has 15 heavy (non-hydrogen) atoms. The Kier molecular flexibility index (Phi) is 2.75. The second-order valence-corrected chi connectivity index (χ2v) is 3.81. The maximum absolute atomic E-state index is 11.3. The zero-order valence-electron chi connectivity index (χ0n) is 7.90. The number of fused-ring (bicyclic) bond motifs is 1. The van der Waals surface area contributed by atoms with Crippen LogP contribution in [-0.2, 0) is 0 Å². The Morgan fingerprint density at radius 1 is 1.40 bits per heavy atom. The first-order chi connectivity index (χ1) is 7.22. The maximum Gasteiger partial charge on any atom is 0.248 e.